The minimum absolute atomic E-state index is 0.0230. The first-order valence-electron chi connectivity index (χ1n) is 7.31. The minimum atomic E-state index is 0.0230. The average Bonchev–Trinajstić information content (AvgIpc) is 3.02. The maximum absolute atomic E-state index is 9.40. The molecule has 0 saturated carbocycles. The lowest BCUT2D eigenvalue weighted by molar-refractivity contribution is 0.0553. The summed E-state index contributed by atoms with van der Waals surface area (Å²) in [7, 11) is 0. The summed E-state index contributed by atoms with van der Waals surface area (Å²) in [6.07, 6.45) is 4.75. The number of rotatable bonds is 5. The number of anilines is 1. The molecule has 0 amide bonds. The Hall–Kier alpha value is -1.91. The van der Waals surface area contributed by atoms with Gasteiger partial charge in [-0.2, -0.15) is 0 Å². The van der Waals surface area contributed by atoms with Crippen LogP contribution in [0.25, 0.3) is 0 Å². The Morgan fingerprint density at radius 3 is 2.90 bits per heavy atom. The van der Waals surface area contributed by atoms with Crippen molar-refractivity contribution in [3.05, 3.63) is 59.9 Å². The molecule has 0 bridgehead atoms. The third-order valence-electron chi connectivity index (χ3n) is 3.86. The molecule has 1 aromatic carbocycles. The van der Waals surface area contributed by atoms with Crippen LogP contribution in [0.15, 0.2) is 48.8 Å². The molecule has 0 spiro atoms. The number of pyridine rings is 1. The third-order valence-corrected chi connectivity index (χ3v) is 3.86. The predicted octanol–water partition coefficient (Wildman–Crippen LogP) is 2.37. The smallest absolute Gasteiger partial charge is 0.0771 e. The fourth-order valence-corrected chi connectivity index (χ4v) is 2.72. The molecule has 0 radical (unpaired) electrons. The van der Waals surface area contributed by atoms with Gasteiger partial charge in [0.1, 0.15) is 0 Å². The van der Waals surface area contributed by atoms with Crippen molar-refractivity contribution in [3.8, 4) is 0 Å². The summed E-state index contributed by atoms with van der Waals surface area (Å²) in [5.41, 5.74) is 3.15. The molecule has 3 rings (SSSR count). The van der Waals surface area contributed by atoms with Gasteiger partial charge in [0.2, 0.25) is 0 Å². The van der Waals surface area contributed by atoms with E-state index in [0.717, 1.165) is 30.8 Å². The largest absolute Gasteiger partial charge is 0.392 e. The highest BCUT2D eigenvalue weighted by Crippen LogP contribution is 2.25. The predicted molar refractivity (Wildman–Crippen MR) is 82.0 cm³/mol. The van der Waals surface area contributed by atoms with Crippen molar-refractivity contribution < 1.29 is 9.84 Å². The fraction of sp³-hybridized carbons (Fsp3) is 0.353. The van der Waals surface area contributed by atoms with Crippen molar-refractivity contribution in [2.45, 2.75) is 25.7 Å². The van der Waals surface area contributed by atoms with E-state index >= 15 is 0 Å². The monoisotopic (exact) mass is 284 g/mol. The normalized spacial score (nSPS) is 18.1. The molecule has 2 aromatic rings. The summed E-state index contributed by atoms with van der Waals surface area (Å²) in [4.78, 5) is 6.33. The number of hydrogen-bond donors (Lipinski definition) is 1. The molecule has 2 heterocycles. The van der Waals surface area contributed by atoms with E-state index < -0.39 is 0 Å². The second-order valence-corrected chi connectivity index (χ2v) is 5.32. The van der Waals surface area contributed by atoms with Crippen LogP contribution in [0.1, 0.15) is 17.5 Å². The molecule has 4 nitrogen and oxygen atoms in total. The van der Waals surface area contributed by atoms with Crippen LogP contribution in [0.4, 0.5) is 5.69 Å². The summed E-state index contributed by atoms with van der Waals surface area (Å²) in [6.45, 7) is 2.50. The number of aliphatic hydroxyl groups excluding tert-OH is 1. The highest BCUT2D eigenvalue weighted by Gasteiger charge is 2.24. The van der Waals surface area contributed by atoms with Gasteiger partial charge in [0.15, 0.2) is 0 Å². The Kier molecular flexibility index (Phi) is 4.48. The quantitative estimate of drug-likeness (QED) is 0.915. The molecule has 0 aliphatic carbocycles. The molecule has 1 unspecified atom stereocenters. The molecule has 110 valence electrons. The minimum Gasteiger partial charge on any atom is -0.392 e. The van der Waals surface area contributed by atoms with Gasteiger partial charge < -0.3 is 14.7 Å². The maximum Gasteiger partial charge on any atom is 0.0771 e. The Balaban J connectivity index is 1.58. The Labute approximate surface area is 125 Å². The second kappa shape index (κ2) is 6.70. The number of hydrogen-bond acceptors (Lipinski definition) is 4. The van der Waals surface area contributed by atoms with Crippen molar-refractivity contribution in [2.24, 2.45) is 0 Å². The van der Waals surface area contributed by atoms with Crippen molar-refractivity contribution in [1.82, 2.24) is 4.98 Å². The molecule has 1 N–H and O–H groups in total. The van der Waals surface area contributed by atoms with E-state index in [-0.39, 0.29) is 12.7 Å². The van der Waals surface area contributed by atoms with Gasteiger partial charge in [0.05, 0.1) is 19.3 Å². The van der Waals surface area contributed by atoms with Gasteiger partial charge in [-0.15, -0.1) is 0 Å². The maximum atomic E-state index is 9.40. The van der Waals surface area contributed by atoms with Crippen LogP contribution in [-0.4, -0.2) is 29.3 Å². The van der Waals surface area contributed by atoms with Gasteiger partial charge in [-0.3, -0.25) is 4.98 Å². The van der Waals surface area contributed by atoms with Crippen LogP contribution < -0.4 is 4.90 Å². The first kappa shape index (κ1) is 14.0. The standard InChI is InChI=1S/C17H20N2O2/c20-12-15-10-18-8-6-17(15)19-9-7-16(11-19)21-13-14-4-2-1-3-5-14/h1-6,8,10,16,20H,7,9,11-13H2. The molecule has 1 aromatic heterocycles. The van der Waals surface area contributed by atoms with Crippen LogP contribution >= 0.6 is 0 Å². The highest BCUT2D eigenvalue weighted by molar-refractivity contribution is 5.52. The first-order chi connectivity index (χ1) is 10.4. The number of aromatic nitrogens is 1. The molecule has 21 heavy (non-hydrogen) atoms. The van der Waals surface area contributed by atoms with Gasteiger partial charge in [0.25, 0.3) is 0 Å². The number of benzene rings is 1. The van der Waals surface area contributed by atoms with Crippen LogP contribution in [0.5, 0.6) is 0 Å². The SMILES string of the molecule is OCc1cnccc1N1CCC(OCc2ccccc2)C1. The summed E-state index contributed by atoms with van der Waals surface area (Å²) in [5.74, 6) is 0. The fourth-order valence-electron chi connectivity index (χ4n) is 2.72. The number of nitrogens with zero attached hydrogens (tertiary/aromatic N) is 2. The Morgan fingerprint density at radius 1 is 1.24 bits per heavy atom. The third kappa shape index (κ3) is 3.40. The van der Waals surface area contributed by atoms with E-state index in [9.17, 15) is 5.11 Å². The average molecular weight is 284 g/mol. The molecule has 1 saturated heterocycles. The van der Waals surface area contributed by atoms with Crippen LogP contribution in [0.3, 0.4) is 0 Å². The summed E-state index contributed by atoms with van der Waals surface area (Å²) >= 11 is 0. The van der Waals surface area contributed by atoms with Crippen LogP contribution in [0, 0.1) is 0 Å². The van der Waals surface area contributed by atoms with Gasteiger partial charge >= 0.3 is 0 Å². The summed E-state index contributed by atoms with van der Waals surface area (Å²) in [5, 5.41) is 9.40. The molecule has 1 atom stereocenters. The van der Waals surface area contributed by atoms with E-state index in [2.05, 4.69) is 22.0 Å². The Bertz CT molecular complexity index is 574. The van der Waals surface area contributed by atoms with Gasteiger partial charge in [-0.1, -0.05) is 30.3 Å². The van der Waals surface area contributed by atoms with Gasteiger partial charge in [-0.25, -0.2) is 0 Å². The van der Waals surface area contributed by atoms with Crippen molar-refractivity contribution >= 4 is 5.69 Å². The van der Waals surface area contributed by atoms with Crippen molar-refractivity contribution in [2.75, 3.05) is 18.0 Å². The molecule has 1 aliphatic heterocycles. The van der Waals surface area contributed by atoms with Crippen LogP contribution in [-0.2, 0) is 18.0 Å². The molecular weight excluding hydrogens is 264 g/mol. The van der Waals surface area contributed by atoms with Gasteiger partial charge in [-0.05, 0) is 18.1 Å². The number of aliphatic hydroxyl groups is 1. The zero-order valence-electron chi connectivity index (χ0n) is 12.0. The van der Waals surface area contributed by atoms with Crippen molar-refractivity contribution in [1.29, 1.82) is 0 Å². The lowest BCUT2D eigenvalue weighted by atomic mass is 10.2. The zero-order valence-corrected chi connectivity index (χ0v) is 12.0. The summed E-state index contributed by atoms with van der Waals surface area (Å²) in [6, 6.07) is 12.2. The van der Waals surface area contributed by atoms with Crippen LogP contribution in [0.2, 0.25) is 0 Å². The Morgan fingerprint density at radius 2 is 2.10 bits per heavy atom. The van der Waals surface area contributed by atoms with Crippen molar-refractivity contribution in [3.63, 3.8) is 0 Å². The van der Waals surface area contributed by atoms with E-state index in [4.69, 9.17) is 4.74 Å². The van der Waals surface area contributed by atoms with E-state index in [0.29, 0.717) is 6.61 Å². The number of ether oxygens (including phenoxy) is 1. The lowest BCUT2D eigenvalue weighted by Crippen LogP contribution is -2.24. The van der Waals surface area contributed by atoms with E-state index in [1.165, 1.54) is 5.56 Å². The van der Waals surface area contributed by atoms with E-state index in [1.54, 1.807) is 12.4 Å². The first-order valence-corrected chi connectivity index (χ1v) is 7.31. The van der Waals surface area contributed by atoms with E-state index in [1.807, 2.05) is 24.3 Å². The lowest BCUT2D eigenvalue weighted by Gasteiger charge is -2.21. The topological polar surface area (TPSA) is 45.6 Å². The zero-order chi connectivity index (χ0) is 14.5. The molecular formula is C17H20N2O2. The highest BCUT2D eigenvalue weighted by atomic mass is 16.5. The molecule has 1 aliphatic rings. The second-order valence-electron chi connectivity index (χ2n) is 5.32. The summed E-state index contributed by atoms with van der Waals surface area (Å²) < 4.78 is 5.99. The van der Waals surface area contributed by atoms with Gasteiger partial charge in [0, 0.05) is 36.7 Å². The molecule has 4 heteroatoms. The molecule has 1 fully saturated rings.